The second-order valence-corrected chi connectivity index (χ2v) is 11.3. The number of nitrogens with zero attached hydrogens (tertiary/aromatic N) is 2. The number of benzene rings is 3. The molecule has 8 nitrogen and oxygen atoms in total. The van der Waals surface area contributed by atoms with Gasteiger partial charge in [0.1, 0.15) is 24.2 Å². The van der Waals surface area contributed by atoms with Crippen molar-refractivity contribution in [1.82, 2.24) is 10.2 Å². The molecule has 0 aliphatic heterocycles. The summed E-state index contributed by atoms with van der Waals surface area (Å²) in [5, 5.41) is 3.25. The summed E-state index contributed by atoms with van der Waals surface area (Å²) in [6.07, 6.45) is 0.710. The highest BCUT2D eigenvalue weighted by molar-refractivity contribution is 7.92. The molecule has 0 aliphatic rings. The van der Waals surface area contributed by atoms with Crippen LogP contribution < -0.4 is 14.4 Å². The number of carbonyl (C=O) groups is 2. The van der Waals surface area contributed by atoms with Crippen LogP contribution in [0.5, 0.6) is 5.75 Å². The number of carbonyl (C=O) groups excluding carboxylic acids is 2. The van der Waals surface area contributed by atoms with Crippen molar-refractivity contribution < 1.29 is 27.1 Å². The maximum atomic E-state index is 13.9. The normalized spacial score (nSPS) is 11.9. The third-order valence-corrected chi connectivity index (χ3v) is 8.10. The fourth-order valence-electron chi connectivity index (χ4n) is 3.95. The summed E-state index contributed by atoms with van der Waals surface area (Å²) in [4.78, 5) is 27.9. The molecule has 1 N–H and O–H groups in total. The summed E-state index contributed by atoms with van der Waals surface area (Å²) in [5.74, 6) is -1.05. The van der Waals surface area contributed by atoms with E-state index in [0.29, 0.717) is 35.9 Å². The first-order chi connectivity index (χ1) is 19.1. The number of nitrogens with one attached hydrogen (secondary N) is 1. The Hall–Kier alpha value is -3.63. The van der Waals surface area contributed by atoms with E-state index in [2.05, 4.69) is 5.32 Å². The first-order valence-corrected chi connectivity index (χ1v) is 14.7. The molecule has 0 radical (unpaired) electrons. The van der Waals surface area contributed by atoms with E-state index in [1.807, 2.05) is 13.8 Å². The van der Waals surface area contributed by atoms with E-state index in [-0.39, 0.29) is 23.0 Å². The van der Waals surface area contributed by atoms with Crippen molar-refractivity contribution >= 4 is 39.1 Å². The van der Waals surface area contributed by atoms with Crippen LogP contribution >= 0.6 is 11.6 Å². The van der Waals surface area contributed by atoms with Gasteiger partial charge in [-0.3, -0.25) is 13.9 Å². The minimum Gasteiger partial charge on any atom is -0.494 e. The molecule has 0 saturated carbocycles. The Bertz CT molecular complexity index is 1400. The molecule has 3 rings (SSSR count). The zero-order valence-electron chi connectivity index (χ0n) is 22.6. The molecule has 0 aromatic heterocycles. The van der Waals surface area contributed by atoms with Gasteiger partial charge in [-0.05, 0) is 86.5 Å². The molecule has 214 valence electrons. The average Bonchev–Trinajstić information content (AvgIpc) is 2.93. The minimum atomic E-state index is -4.31. The molecule has 2 amide bonds. The van der Waals surface area contributed by atoms with Gasteiger partial charge in [0.05, 0.1) is 17.2 Å². The van der Waals surface area contributed by atoms with Gasteiger partial charge in [0.25, 0.3) is 10.0 Å². The van der Waals surface area contributed by atoms with E-state index in [9.17, 15) is 22.4 Å². The van der Waals surface area contributed by atoms with Crippen LogP contribution in [0.15, 0.2) is 77.7 Å². The Kier molecular flexibility index (Phi) is 10.9. The number of amides is 2. The molecular formula is C29H33ClFN3O5S. The highest BCUT2D eigenvalue weighted by atomic mass is 35.5. The van der Waals surface area contributed by atoms with E-state index >= 15 is 0 Å². The fourth-order valence-corrected chi connectivity index (χ4v) is 5.58. The molecule has 0 bridgehead atoms. The van der Waals surface area contributed by atoms with Crippen LogP contribution in [0.1, 0.15) is 32.8 Å². The van der Waals surface area contributed by atoms with E-state index in [1.54, 1.807) is 43.3 Å². The summed E-state index contributed by atoms with van der Waals surface area (Å²) < 4.78 is 47.5. The standard InChI is InChI=1S/C29H33ClFN3O5S/c1-4-17-32-29(36)21(3)33(19-22-7-6-8-23(30)18-22)28(35)20-34(25-11-13-26(14-12-25)39-5-2)40(37,38)27-15-9-24(31)10-16-27/h6-16,18,21H,4-5,17,19-20H2,1-3H3,(H,32,36)/t21-/m1/s1. The van der Waals surface area contributed by atoms with Gasteiger partial charge in [0.15, 0.2) is 0 Å². The van der Waals surface area contributed by atoms with Crippen LogP contribution in [0, 0.1) is 5.82 Å². The maximum absolute atomic E-state index is 13.9. The Labute approximate surface area is 239 Å². The van der Waals surface area contributed by atoms with Crippen molar-refractivity contribution in [3.05, 3.63) is 89.2 Å². The van der Waals surface area contributed by atoms with E-state index < -0.39 is 34.3 Å². The molecule has 3 aromatic carbocycles. The number of hydrogen-bond donors (Lipinski definition) is 1. The molecule has 0 heterocycles. The second kappa shape index (κ2) is 14.1. The number of hydrogen-bond acceptors (Lipinski definition) is 5. The molecule has 3 aromatic rings. The van der Waals surface area contributed by atoms with Gasteiger partial charge in [-0.2, -0.15) is 0 Å². The van der Waals surface area contributed by atoms with Crippen LogP contribution in [0.25, 0.3) is 0 Å². The third-order valence-electron chi connectivity index (χ3n) is 6.07. The predicted molar refractivity (Wildman–Crippen MR) is 153 cm³/mol. The third kappa shape index (κ3) is 7.95. The Balaban J connectivity index is 2.02. The van der Waals surface area contributed by atoms with Crippen molar-refractivity contribution in [3.8, 4) is 5.75 Å². The molecular weight excluding hydrogens is 557 g/mol. The van der Waals surface area contributed by atoms with Crippen molar-refractivity contribution in [2.75, 3.05) is 24.0 Å². The lowest BCUT2D eigenvalue weighted by molar-refractivity contribution is -0.139. The number of sulfonamides is 1. The molecule has 0 fully saturated rings. The van der Waals surface area contributed by atoms with Crippen molar-refractivity contribution in [2.45, 2.75) is 44.7 Å². The first-order valence-electron chi connectivity index (χ1n) is 12.9. The number of ether oxygens (including phenoxy) is 1. The summed E-state index contributed by atoms with van der Waals surface area (Å²) in [6.45, 7) is 5.58. The van der Waals surface area contributed by atoms with Crippen molar-refractivity contribution in [3.63, 3.8) is 0 Å². The smallest absolute Gasteiger partial charge is 0.264 e. The number of anilines is 1. The lowest BCUT2D eigenvalue weighted by Crippen LogP contribution is -2.51. The maximum Gasteiger partial charge on any atom is 0.264 e. The summed E-state index contributed by atoms with van der Waals surface area (Å²) in [5.41, 5.74) is 0.872. The highest BCUT2D eigenvalue weighted by Gasteiger charge is 2.32. The second-order valence-electron chi connectivity index (χ2n) is 9.01. The quantitative estimate of drug-likeness (QED) is 0.302. The zero-order chi connectivity index (χ0) is 29.3. The van der Waals surface area contributed by atoms with Crippen LogP contribution in [0.4, 0.5) is 10.1 Å². The first kappa shape index (κ1) is 30.9. The van der Waals surface area contributed by atoms with Gasteiger partial charge in [0.2, 0.25) is 11.8 Å². The molecule has 40 heavy (non-hydrogen) atoms. The average molecular weight is 590 g/mol. The van der Waals surface area contributed by atoms with Gasteiger partial charge < -0.3 is 15.0 Å². The van der Waals surface area contributed by atoms with Crippen molar-refractivity contribution in [1.29, 1.82) is 0 Å². The van der Waals surface area contributed by atoms with Gasteiger partial charge in [-0.15, -0.1) is 0 Å². The number of halogens is 2. The van der Waals surface area contributed by atoms with E-state index in [0.717, 1.165) is 28.6 Å². The predicted octanol–water partition coefficient (Wildman–Crippen LogP) is 5.02. The van der Waals surface area contributed by atoms with Crippen LogP contribution in [-0.4, -0.2) is 50.9 Å². The van der Waals surface area contributed by atoms with Crippen LogP contribution in [-0.2, 0) is 26.2 Å². The largest absolute Gasteiger partial charge is 0.494 e. The fraction of sp³-hybridized carbons (Fsp3) is 0.310. The van der Waals surface area contributed by atoms with Gasteiger partial charge in [0, 0.05) is 18.1 Å². The Morgan fingerprint density at radius 3 is 2.30 bits per heavy atom. The molecule has 1 atom stereocenters. The van der Waals surface area contributed by atoms with Crippen molar-refractivity contribution in [2.24, 2.45) is 0 Å². The molecule has 0 aliphatic carbocycles. The summed E-state index contributed by atoms with van der Waals surface area (Å²) in [6, 6.07) is 16.6. The lowest BCUT2D eigenvalue weighted by atomic mass is 10.1. The van der Waals surface area contributed by atoms with Crippen LogP contribution in [0.3, 0.4) is 0 Å². The van der Waals surface area contributed by atoms with E-state index in [1.165, 1.54) is 17.0 Å². The Morgan fingerprint density at radius 2 is 1.70 bits per heavy atom. The summed E-state index contributed by atoms with van der Waals surface area (Å²) >= 11 is 6.15. The minimum absolute atomic E-state index is 0.0216. The monoisotopic (exact) mass is 589 g/mol. The summed E-state index contributed by atoms with van der Waals surface area (Å²) in [7, 11) is -4.31. The van der Waals surface area contributed by atoms with Crippen LogP contribution in [0.2, 0.25) is 5.02 Å². The zero-order valence-corrected chi connectivity index (χ0v) is 24.2. The molecule has 0 saturated heterocycles. The lowest BCUT2D eigenvalue weighted by Gasteiger charge is -2.32. The van der Waals surface area contributed by atoms with Gasteiger partial charge >= 0.3 is 0 Å². The van der Waals surface area contributed by atoms with Gasteiger partial charge in [-0.25, -0.2) is 12.8 Å². The topological polar surface area (TPSA) is 96.0 Å². The highest BCUT2D eigenvalue weighted by Crippen LogP contribution is 2.27. The molecule has 11 heteroatoms. The number of rotatable bonds is 13. The Morgan fingerprint density at radius 1 is 1.02 bits per heavy atom. The SMILES string of the molecule is CCCNC(=O)[C@@H](C)N(Cc1cccc(Cl)c1)C(=O)CN(c1ccc(OCC)cc1)S(=O)(=O)c1ccc(F)cc1. The molecule has 0 spiro atoms. The molecule has 0 unspecified atom stereocenters. The van der Waals surface area contributed by atoms with E-state index in [4.69, 9.17) is 16.3 Å². The van der Waals surface area contributed by atoms with Gasteiger partial charge in [-0.1, -0.05) is 30.7 Å².